The van der Waals surface area contributed by atoms with E-state index in [1.807, 2.05) is 31.2 Å². The van der Waals surface area contributed by atoms with E-state index < -0.39 is 11.9 Å². The molecule has 0 atom stereocenters. The van der Waals surface area contributed by atoms with Gasteiger partial charge < -0.3 is 14.8 Å². The number of nitrogens with zero attached hydrogens (tertiary/aromatic N) is 1. The lowest BCUT2D eigenvalue weighted by Gasteiger charge is -2.10. The van der Waals surface area contributed by atoms with Crippen LogP contribution >= 0.6 is 0 Å². The molecule has 2 N–H and O–H groups in total. The highest BCUT2D eigenvalue weighted by Gasteiger charge is 2.14. The minimum atomic E-state index is -0.999. The summed E-state index contributed by atoms with van der Waals surface area (Å²) >= 11 is 0. The largest absolute Gasteiger partial charge is 0.481 e. The first-order valence-corrected chi connectivity index (χ1v) is 6.16. The zero-order valence-corrected chi connectivity index (χ0v) is 11.0. The van der Waals surface area contributed by atoms with E-state index in [4.69, 9.17) is 10.2 Å². The Morgan fingerprint density at radius 1 is 1.00 bits per heavy atom. The second kappa shape index (κ2) is 5.61. The van der Waals surface area contributed by atoms with Gasteiger partial charge in [0.1, 0.15) is 6.54 Å². The van der Waals surface area contributed by atoms with Crippen molar-refractivity contribution in [3.63, 3.8) is 0 Å². The van der Waals surface area contributed by atoms with Crippen LogP contribution in [0.5, 0.6) is 0 Å². The molecule has 2 rings (SSSR count). The van der Waals surface area contributed by atoms with Gasteiger partial charge >= 0.3 is 11.9 Å². The van der Waals surface area contributed by atoms with Gasteiger partial charge in [-0.1, -0.05) is 29.8 Å². The first-order chi connectivity index (χ1) is 9.47. The molecular weight excluding hydrogens is 258 g/mol. The Morgan fingerprint density at radius 2 is 1.65 bits per heavy atom. The van der Waals surface area contributed by atoms with E-state index in [0.29, 0.717) is 11.4 Å². The Morgan fingerprint density at radius 3 is 2.20 bits per heavy atom. The third-order valence-electron chi connectivity index (χ3n) is 3.04. The van der Waals surface area contributed by atoms with Crippen LogP contribution in [0.25, 0.3) is 11.3 Å². The maximum atomic E-state index is 11.0. The van der Waals surface area contributed by atoms with Crippen LogP contribution in [0.1, 0.15) is 11.3 Å². The molecule has 0 bridgehead atoms. The van der Waals surface area contributed by atoms with Crippen LogP contribution in [-0.2, 0) is 22.6 Å². The van der Waals surface area contributed by atoms with Crippen LogP contribution in [0.15, 0.2) is 36.4 Å². The first-order valence-electron chi connectivity index (χ1n) is 6.16. The minimum absolute atomic E-state index is 0.195. The molecule has 0 unspecified atom stereocenters. The highest BCUT2D eigenvalue weighted by Crippen LogP contribution is 2.23. The highest BCUT2D eigenvalue weighted by atomic mass is 16.4. The molecule has 0 spiro atoms. The molecule has 1 aromatic carbocycles. The number of hydrogen-bond donors (Lipinski definition) is 2. The Bertz CT molecular complexity index is 640. The van der Waals surface area contributed by atoms with E-state index in [0.717, 1.165) is 11.1 Å². The predicted molar refractivity (Wildman–Crippen MR) is 73.6 cm³/mol. The molecule has 104 valence electrons. The van der Waals surface area contributed by atoms with Crippen LogP contribution in [0, 0.1) is 6.92 Å². The average molecular weight is 273 g/mol. The van der Waals surface area contributed by atoms with Gasteiger partial charge in [0, 0.05) is 11.4 Å². The molecule has 20 heavy (non-hydrogen) atoms. The number of aryl methyl sites for hydroxylation is 1. The molecule has 0 saturated heterocycles. The summed E-state index contributed by atoms with van der Waals surface area (Å²) in [6.45, 7) is 1.72. The molecule has 0 radical (unpaired) electrons. The Kier molecular flexibility index (Phi) is 3.89. The van der Waals surface area contributed by atoms with E-state index in [9.17, 15) is 9.59 Å². The fraction of sp³-hybridized carbons (Fsp3) is 0.200. The van der Waals surface area contributed by atoms with Gasteiger partial charge in [-0.3, -0.25) is 9.59 Å². The summed E-state index contributed by atoms with van der Waals surface area (Å²) in [4.78, 5) is 21.8. The topological polar surface area (TPSA) is 79.5 Å². The average Bonchev–Trinajstić information content (AvgIpc) is 2.72. The van der Waals surface area contributed by atoms with Crippen LogP contribution in [0.2, 0.25) is 0 Å². The standard InChI is InChI=1S/C15H15NO4/c1-10-2-4-11(5-3-10)13-7-6-12(8-14(17)18)16(13)9-15(19)20/h2-7H,8-9H2,1H3,(H,17,18)(H,19,20). The molecule has 0 fully saturated rings. The smallest absolute Gasteiger partial charge is 0.323 e. The third-order valence-corrected chi connectivity index (χ3v) is 3.04. The molecule has 1 heterocycles. The van der Waals surface area contributed by atoms with Gasteiger partial charge in [0.05, 0.1) is 6.42 Å². The molecular formula is C15H15NO4. The molecule has 2 aromatic rings. The van der Waals surface area contributed by atoms with Crippen molar-refractivity contribution in [1.82, 2.24) is 4.57 Å². The van der Waals surface area contributed by atoms with Gasteiger partial charge in [-0.2, -0.15) is 0 Å². The number of aliphatic carboxylic acids is 2. The van der Waals surface area contributed by atoms with Crippen molar-refractivity contribution in [3.05, 3.63) is 47.7 Å². The Labute approximate surface area is 116 Å². The zero-order chi connectivity index (χ0) is 14.7. The molecule has 0 aliphatic rings. The van der Waals surface area contributed by atoms with Crippen molar-refractivity contribution in [2.24, 2.45) is 0 Å². The summed E-state index contributed by atoms with van der Waals surface area (Å²) in [5.74, 6) is -1.98. The fourth-order valence-electron chi connectivity index (χ4n) is 2.12. The summed E-state index contributed by atoms with van der Waals surface area (Å²) < 4.78 is 1.53. The van der Waals surface area contributed by atoms with E-state index >= 15 is 0 Å². The van der Waals surface area contributed by atoms with Crippen LogP contribution in [0.4, 0.5) is 0 Å². The van der Waals surface area contributed by atoms with Crippen molar-refractivity contribution in [2.75, 3.05) is 0 Å². The summed E-state index contributed by atoms with van der Waals surface area (Å²) in [7, 11) is 0. The van der Waals surface area contributed by atoms with Crippen LogP contribution < -0.4 is 0 Å². The predicted octanol–water partition coefficient (Wildman–Crippen LogP) is 2.18. The number of rotatable bonds is 5. The lowest BCUT2D eigenvalue weighted by Crippen LogP contribution is -2.15. The Balaban J connectivity index is 2.46. The highest BCUT2D eigenvalue weighted by molar-refractivity contribution is 5.73. The van der Waals surface area contributed by atoms with Crippen molar-refractivity contribution >= 4 is 11.9 Å². The van der Waals surface area contributed by atoms with Crippen molar-refractivity contribution in [3.8, 4) is 11.3 Å². The Hall–Kier alpha value is -2.56. The number of benzene rings is 1. The zero-order valence-electron chi connectivity index (χ0n) is 11.0. The summed E-state index contributed by atoms with van der Waals surface area (Å²) in [6, 6.07) is 11.1. The monoisotopic (exact) mass is 273 g/mol. The van der Waals surface area contributed by atoms with E-state index in [1.165, 1.54) is 4.57 Å². The molecule has 0 amide bonds. The lowest BCUT2D eigenvalue weighted by atomic mass is 10.1. The summed E-state index contributed by atoms with van der Waals surface area (Å²) in [5, 5.41) is 17.9. The normalized spacial score (nSPS) is 10.4. The SMILES string of the molecule is Cc1ccc(-c2ccc(CC(=O)O)n2CC(=O)O)cc1. The molecule has 1 aromatic heterocycles. The van der Waals surface area contributed by atoms with Gasteiger partial charge in [0.25, 0.3) is 0 Å². The second-order valence-corrected chi connectivity index (χ2v) is 4.63. The minimum Gasteiger partial charge on any atom is -0.481 e. The first kappa shape index (κ1) is 13.9. The van der Waals surface area contributed by atoms with Gasteiger partial charge in [0.15, 0.2) is 0 Å². The quantitative estimate of drug-likeness (QED) is 0.875. The van der Waals surface area contributed by atoms with Crippen molar-refractivity contribution < 1.29 is 19.8 Å². The summed E-state index contributed by atoms with van der Waals surface area (Å²) in [6.07, 6.45) is -0.195. The number of hydrogen-bond acceptors (Lipinski definition) is 2. The van der Waals surface area contributed by atoms with E-state index in [1.54, 1.807) is 12.1 Å². The van der Waals surface area contributed by atoms with Gasteiger partial charge in [-0.15, -0.1) is 0 Å². The van der Waals surface area contributed by atoms with Gasteiger partial charge in [-0.05, 0) is 24.6 Å². The second-order valence-electron chi connectivity index (χ2n) is 4.63. The number of carbonyl (C=O) groups is 2. The molecule has 5 heteroatoms. The number of carboxylic acid groups (broad SMARTS) is 2. The van der Waals surface area contributed by atoms with Gasteiger partial charge in [0.2, 0.25) is 0 Å². The summed E-state index contributed by atoms with van der Waals surface area (Å²) in [5.41, 5.74) is 3.17. The van der Waals surface area contributed by atoms with Crippen LogP contribution in [-0.4, -0.2) is 26.7 Å². The number of aromatic nitrogens is 1. The lowest BCUT2D eigenvalue weighted by molar-refractivity contribution is -0.139. The van der Waals surface area contributed by atoms with Crippen molar-refractivity contribution in [1.29, 1.82) is 0 Å². The van der Waals surface area contributed by atoms with Gasteiger partial charge in [-0.25, -0.2) is 0 Å². The molecule has 0 aliphatic carbocycles. The maximum Gasteiger partial charge on any atom is 0.323 e. The third kappa shape index (κ3) is 3.06. The maximum absolute atomic E-state index is 11.0. The molecule has 0 aliphatic heterocycles. The fourth-order valence-corrected chi connectivity index (χ4v) is 2.12. The van der Waals surface area contributed by atoms with E-state index in [2.05, 4.69) is 0 Å². The molecule has 0 saturated carbocycles. The molecule has 5 nitrogen and oxygen atoms in total. The van der Waals surface area contributed by atoms with E-state index in [-0.39, 0.29) is 13.0 Å². The number of carboxylic acids is 2. The van der Waals surface area contributed by atoms with Crippen molar-refractivity contribution in [2.45, 2.75) is 19.9 Å². The van der Waals surface area contributed by atoms with Crippen LogP contribution in [0.3, 0.4) is 0 Å².